The molecule has 0 unspecified atom stereocenters. The second kappa shape index (κ2) is 16.1. The number of hydrogen-bond donors (Lipinski definition) is 1. The van der Waals surface area contributed by atoms with Crippen LogP contribution in [0.25, 0.3) is 0 Å². The van der Waals surface area contributed by atoms with Gasteiger partial charge >= 0.3 is 0 Å². The van der Waals surface area contributed by atoms with Gasteiger partial charge in [0.05, 0.1) is 0 Å². The molecule has 0 atom stereocenters. The van der Waals surface area contributed by atoms with Crippen molar-refractivity contribution in [2.24, 2.45) is 5.73 Å². The molecule has 1 amide bonds. The van der Waals surface area contributed by atoms with Crippen LogP contribution in [-0.4, -0.2) is 12.2 Å². The largest absolute Gasteiger partial charge is 0.366 e. The van der Waals surface area contributed by atoms with Crippen molar-refractivity contribution in [1.29, 1.82) is 0 Å². The Labute approximate surface area is 99.4 Å². The molecular formula is C13H25NO2. The lowest BCUT2D eigenvalue weighted by Gasteiger charge is -1.98. The van der Waals surface area contributed by atoms with Crippen LogP contribution >= 0.6 is 0 Å². The maximum atomic E-state index is 10.6. The van der Waals surface area contributed by atoms with Crippen molar-refractivity contribution in [2.45, 2.75) is 47.5 Å². The van der Waals surface area contributed by atoms with Gasteiger partial charge in [0.15, 0.2) is 0 Å². The number of primary amides is 1. The molecule has 0 aliphatic carbocycles. The zero-order valence-corrected chi connectivity index (χ0v) is 11.2. The number of carbonyl (C=O) groups excluding carboxylic acids is 2. The highest BCUT2D eigenvalue weighted by atomic mass is 16.1. The van der Waals surface area contributed by atoms with Crippen molar-refractivity contribution in [3.63, 3.8) is 0 Å². The average Bonchev–Trinajstić information content (AvgIpc) is 2.29. The van der Waals surface area contributed by atoms with Crippen LogP contribution in [0.4, 0.5) is 0 Å². The normalized spacial score (nSPS) is 9.56. The van der Waals surface area contributed by atoms with Gasteiger partial charge < -0.3 is 5.73 Å². The van der Waals surface area contributed by atoms with Crippen LogP contribution in [0.3, 0.4) is 0 Å². The fraction of sp³-hybridized carbons (Fsp3) is 0.538. The Hall–Kier alpha value is -1.38. The van der Waals surface area contributed by atoms with E-state index in [1.807, 2.05) is 13.8 Å². The van der Waals surface area contributed by atoms with E-state index in [-0.39, 0.29) is 5.57 Å². The summed E-state index contributed by atoms with van der Waals surface area (Å²) >= 11 is 0. The van der Waals surface area contributed by atoms with Gasteiger partial charge in [-0.3, -0.25) is 9.59 Å². The summed E-state index contributed by atoms with van der Waals surface area (Å²) in [5.41, 5.74) is 5.58. The van der Waals surface area contributed by atoms with E-state index >= 15 is 0 Å². The summed E-state index contributed by atoms with van der Waals surface area (Å²) in [6.45, 7) is 13.4. The molecule has 0 heterocycles. The van der Waals surface area contributed by atoms with Gasteiger partial charge in [-0.05, 0) is 6.42 Å². The number of carbonyl (C=O) groups is 2. The smallest absolute Gasteiger partial charge is 0.249 e. The van der Waals surface area contributed by atoms with Crippen LogP contribution in [0.2, 0.25) is 0 Å². The van der Waals surface area contributed by atoms with Gasteiger partial charge in [-0.2, -0.15) is 0 Å². The number of amides is 1. The number of nitrogens with two attached hydrogens (primary N) is 1. The van der Waals surface area contributed by atoms with Crippen molar-refractivity contribution in [3.05, 3.63) is 23.8 Å². The molecule has 0 saturated heterocycles. The second-order valence-corrected chi connectivity index (χ2v) is 2.69. The predicted molar refractivity (Wildman–Crippen MR) is 70.1 cm³/mol. The van der Waals surface area contributed by atoms with Crippen LogP contribution < -0.4 is 5.73 Å². The van der Waals surface area contributed by atoms with Gasteiger partial charge in [0.2, 0.25) is 5.91 Å². The molecule has 0 radical (unpaired) electrons. The quantitative estimate of drug-likeness (QED) is 0.456. The molecule has 0 bridgehead atoms. The maximum Gasteiger partial charge on any atom is 0.249 e. The maximum absolute atomic E-state index is 10.6. The van der Waals surface area contributed by atoms with Crippen LogP contribution in [0.5, 0.6) is 0 Å². The minimum Gasteiger partial charge on any atom is -0.366 e. The average molecular weight is 227 g/mol. The molecule has 94 valence electrons. The lowest BCUT2D eigenvalue weighted by molar-refractivity contribution is -0.114. The fourth-order valence-corrected chi connectivity index (χ4v) is 0.727. The molecule has 3 heteroatoms. The van der Waals surface area contributed by atoms with Crippen LogP contribution in [-0.2, 0) is 9.59 Å². The monoisotopic (exact) mass is 227 g/mol. The third kappa shape index (κ3) is 10.7. The zero-order chi connectivity index (χ0) is 13.6. The summed E-state index contributed by atoms with van der Waals surface area (Å²) in [6.07, 6.45) is 3.67. The lowest BCUT2D eigenvalue weighted by Crippen LogP contribution is -2.14. The predicted octanol–water partition coefficient (Wildman–Crippen LogP) is 3.01. The molecule has 0 aromatic carbocycles. The Morgan fingerprint density at radius 1 is 1.25 bits per heavy atom. The highest BCUT2D eigenvalue weighted by molar-refractivity contribution is 6.00. The number of hydrogen-bond acceptors (Lipinski definition) is 2. The third-order valence-electron chi connectivity index (χ3n) is 1.34. The topological polar surface area (TPSA) is 60.2 Å². The first kappa shape index (κ1) is 20.1. The van der Waals surface area contributed by atoms with Gasteiger partial charge in [0.25, 0.3) is 0 Å². The fourth-order valence-electron chi connectivity index (χ4n) is 0.727. The first-order chi connectivity index (χ1) is 7.58. The van der Waals surface area contributed by atoms with Gasteiger partial charge in [0, 0.05) is 11.1 Å². The van der Waals surface area contributed by atoms with Crippen LogP contribution in [0.1, 0.15) is 47.5 Å². The van der Waals surface area contributed by atoms with E-state index in [4.69, 9.17) is 5.73 Å². The summed E-state index contributed by atoms with van der Waals surface area (Å²) in [6, 6.07) is 0. The molecule has 0 fully saturated rings. The Morgan fingerprint density at radius 3 is 1.69 bits per heavy atom. The Kier molecular flexibility index (Phi) is 20.2. The summed E-state index contributed by atoms with van der Waals surface area (Å²) in [7, 11) is 0. The van der Waals surface area contributed by atoms with E-state index in [1.54, 1.807) is 6.92 Å². The minimum absolute atomic E-state index is 0.211. The van der Waals surface area contributed by atoms with E-state index in [1.165, 1.54) is 12.5 Å². The van der Waals surface area contributed by atoms with Crippen molar-refractivity contribution >= 4 is 12.2 Å². The lowest BCUT2D eigenvalue weighted by atomic mass is 10.1. The second-order valence-electron chi connectivity index (χ2n) is 2.69. The molecule has 3 nitrogen and oxygen atoms in total. The first-order valence-electron chi connectivity index (χ1n) is 5.69. The van der Waals surface area contributed by atoms with Crippen molar-refractivity contribution < 1.29 is 9.59 Å². The van der Waals surface area contributed by atoms with Crippen LogP contribution in [0.15, 0.2) is 23.8 Å². The van der Waals surface area contributed by atoms with Crippen molar-refractivity contribution in [1.82, 2.24) is 0 Å². The molecule has 2 N–H and O–H groups in total. The summed E-state index contributed by atoms with van der Waals surface area (Å²) in [4.78, 5) is 21.0. The molecular weight excluding hydrogens is 202 g/mol. The van der Waals surface area contributed by atoms with E-state index in [9.17, 15) is 9.59 Å². The zero-order valence-electron chi connectivity index (χ0n) is 11.2. The van der Waals surface area contributed by atoms with E-state index in [2.05, 4.69) is 20.4 Å². The standard InChI is InChI=1S/C8H11NO2.C3H8.C2H6/c1-3-6(5-10)7(4-2)8(9)11;1-3-2;1-2/h4-5H,2-3H2,1H3,(H2,9,11);3H2,1-2H3;1-2H3/b7-6-;;. The molecule has 0 aromatic heterocycles. The molecule has 0 aliphatic rings. The SMILES string of the molecule is C=C/C(C(N)=O)=C(/C=O)CC.CC.CCC. The summed E-state index contributed by atoms with van der Waals surface area (Å²) < 4.78 is 0. The third-order valence-corrected chi connectivity index (χ3v) is 1.34. The number of rotatable bonds is 4. The summed E-state index contributed by atoms with van der Waals surface area (Å²) in [5.74, 6) is -0.607. The number of allylic oxidation sites excluding steroid dienone is 1. The Bertz CT molecular complexity index is 230. The van der Waals surface area contributed by atoms with Gasteiger partial charge in [0.1, 0.15) is 6.29 Å². The van der Waals surface area contributed by atoms with Gasteiger partial charge in [-0.1, -0.05) is 53.7 Å². The van der Waals surface area contributed by atoms with Gasteiger partial charge in [-0.15, -0.1) is 0 Å². The molecule has 0 spiro atoms. The highest BCUT2D eigenvalue weighted by Crippen LogP contribution is 2.06. The molecule has 0 aliphatic heterocycles. The van der Waals surface area contributed by atoms with Crippen molar-refractivity contribution in [2.75, 3.05) is 0 Å². The molecule has 16 heavy (non-hydrogen) atoms. The van der Waals surface area contributed by atoms with E-state index in [0.717, 1.165) is 0 Å². The van der Waals surface area contributed by atoms with E-state index < -0.39 is 5.91 Å². The Balaban J connectivity index is -0.000000289. The highest BCUT2D eigenvalue weighted by Gasteiger charge is 2.05. The number of aldehydes is 1. The Morgan fingerprint density at radius 2 is 1.62 bits per heavy atom. The van der Waals surface area contributed by atoms with Crippen LogP contribution in [0, 0.1) is 0 Å². The molecule has 0 saturated carbocycles. The molecule has 0 rings (SSSR count). The minimum atomic E-state index is -0.607. The van der Waals surface area contributed by atoms with E-state index in [0.29, 0.717) is 18.3 Å². The summed E-state index contributed by atoms with van der Waals surface area (Å²) in [5, 5.41) is 0. The first-order valence-corrected chi connectivity index (χ1v) is 5.69. The van der Waals surface area contributed by atoms with Gasteiger partial charge in [-0.25, -0.2) is 0 Å². The van der Waals surface area contributed by atoms with Crippen molar-refractivity contribution in [3.8, 4) is 0 Å². The molecule has 0 aromatic rings.